The second kappa shape index (κ2) is 15.8. The number of hydrogen-bond donors (Lipinski definition) is 0. The Hall–Kier alpha value is -7.74. The highest BCUT2D eigenvalue weighted by Gasteiger charge is 2.23. The van der Waals surface area contributed by atoms with E-state index in [0.29, 0.717) is 0 Å². The molecule has 0 spiro atoms. The topological polar surface area (TPSA) is 3.24 Å². The number of allylic oxidation sites excluding steroid dienone is 2. The van der Waals surface area contributed by atoms with Crippen LogP contribution in [0.25, 0.3) is 82.4 Å². The molecule has 61 heavy (non-hydrogen) atoms. The summed E-state index contributed by atoms with van der Waals surface area (Å²) in [5, 5.41) is 7.54. The third-order valence-corrected chi connectivity index (χ3v) is 12.4. The highest BCUT2D eigenvalue weighted by Crippen LogP contribution is 2.41. The van der Waals surface area contributed by atoms with E-state index < -0.39 is 0 Å². The molecule has 1 unspecified atom stereocenters. The first kappa shape index (κ1) is 36.3. The molecule has 288 valence electrons. The molecule has 0 aliphatic heterocycles. The van der Waals surface area contributed by atoms with E-state index in [2.05, 4.69) is 248 Å². The Morgan fingerprint density at radius 2 is 0.852 bits per heavy atom. The van der Waals surface area contributed by atoms with Gasteiger partial charge in [-0.15, -0.1) is 0 Å². The van der Waals surface area contributed by atoms with Gasteiger partial charge in [0.25, 0.3) is 0 Å². The second-order valence-electron chi connectivity index (χ2n) is 16.0. The normalized spacial score (nSPS) is 13.7. The fourth-order valence-electron chi connectivity index (χ4n) is 9.28. The molecule has 10 aromatic carbocycles. The van der Waals surface area contributed by atoms with Gasteiger partial charge < -0.3 is 4.90 Å². The number of anilines is 2. The summed E-state index contributed by atoms with van der Waals surface area (Å²) in [6.07, 6.45) is 8.08. The van der Waals surface area contributed by atoms with Crippen molar-refractivity contribution < 1.29 is 0 Å². The van der Waals surface area contributed by atoms with Crippen molar-refractivity contribution in [3.8, 4) is 44.5 Å². The molecular formula is C60H43N. The zero-order valence-corrected chi connectivity index (χ0v) is 33.8. The Labute approximate surface area is 357 Å². The summed E-state index contributed by atoms with van der Waals surface area (Å²) >= 11 is 0. The third kappa shape index (κ3) is 7.01. The van der Waals surface area contributed by atoms with Crippen molar-refractivity contribution in [2.45, 2.75) is 12.5 Å². The van der Waals surface area contributed by atoms with Crippen LogP contribution < -0.4 is 4.90 Å². The fraction of sp³-hybridized carbons (Fsp3) is 0.0333. The Morgan fingerprint density at radius 1 is 0.328 bits per heavy atom. The Kier molecular flexibility index (Phi) is 9.41. The van der Waals surface area contributed by atoms with Gasteiger partial charge in [-0.2, -0.15) is 0 Å². The summed E-state index contributed by atoms with van der Waals surface area (Å²) in [4.78, 5) is 2.50. The molecule has 0 aromatic heterocycles. The maximum absolute atomic E-state index is 2.50. The highest BCUT2D eigenvalue weighted by molar-refractivity contribution is 6.03. The van der Waals surface area contributed by atoms with E-state index in [-0.39, 0.29) is 6.04 Å². The largest absolute Gasteiger partial charge is 0.334 e. The summed E-state index contributed by atoms with van der Waals surface area (Å²) in [6, 6.07) is 82.1. The summed E-state index contributed by atoms with van der Waals surface area (Å²) < 4.78 is 0. The van der Waals surface area contributed by atoms with Gasteiger partial charge in [0.1, 0.15) is 0 Å². The second-order valence-corrected chi connectivity index (χ2v) is 16.0. The molecule has 1 aliphatic rings. The van der Waals surface area contributed by atoms with Crippen molar-refractivity contribution in [3.63, 3.8) is 0 Å². The predicted molar refractivity (Wildman–Crippen MR) is 261 cm³/mol. The zero-order valence-electron chi connectivity index (χ0n) is 33.8. The van der Waals surface area contributed by atoms with Gasteiger partial charge in [0.05, 0.1) is 6.04 Å². The van der Waals surface area contributed by atoms with Crippen LogP contribution in [-0.2, 0) is 0 Å². The summed E-state index contributed by atoms with van der Waals surface area (Å²) in [6.45, 7) is 0. The van der Waals surface area contributed by atoms with Crippen molar-refractivity contribution >= 4 is 49.3 Å². The molecule has 10 aromatic rings. The van der Waals surface area contributed by atoms with Crippen LogP contribution in [0, 0.1) is 0 Å². The molecule has 1 heteroatoms. The molecule has 11 rings (SSSR count). The minimum atomic E-state index is 0.111. The van der Waals surface area contributed by atoms with E-state index in [1.807, 2.05) is 0 Å². The highest BCUT2D eigenvalue weighted by atomic mass is 15.2. The predicted octanol–water partition coefficient (Wildman–Crippen LogP) is 16.4. The lowest BCUT2D eigenvalue weighted by Gasteiger charge is -2.33. The maximum atomic E-state index is 2.50. The first-order valence-corrected chi connectivity index (χ1v) is 21.3. The Bertz CT molecular complexity index is 3250. The van der Waals surface area contributed by atoms with Crippen LogP contribution in [0.15, 0.2) is 243 Å². The van der Waals surface area contributed by atoms with Crippen LogP contribution in [0.1, 0.15) is 12.0 Å². The van der Waals surface area contributed by atoms with Crippen LogP contribution in [0.5, 0.6) is 0 Å². The van der Waals surface area contributed by atoms with E-state index in [1.54, 1.807) is 0 Å². The minimum absolute atomic E-state index is 0.111. The van der Waals surface area contributed by atoms with E-state index in [0.717, 1.165) is 12.1 Å². The molecule has 0 heterocycles. The molecule has 0 radical (unpaired) electrons. The summed E-state index contributed by atoms with van der Waals surface area (Å²) in [5.74, 6) is 0. The fourth-order valence-corrected chi connectivity index (χ4v) is 9.28. The molecule has 0 fully saturated rings. The first-order chi connectivity index (χ1) is 30.2. The van der Waals surface area contributed by atoms with E-state index >= 15 is 0 Å². The molecule has 0 N–H and O–H groups in total. The molecule has 1 nitrogen and oxygen atoms in total. The van der Waals surface area contributed by atoms with Gasteiger partial charge in [0.15, 0.2) is 0 Å². The van der Waals surface area contributed by atoms with Crippen molar-refractivity contribution in [3.05, 3.63) is 248 Å². The first-order valence-electron chi connectivity index (χ1n) is 21.3. The van der Waals surface area contributed by atoms with Gasteiger partial charge in [-0.05, 0) is 131 Å². The van der Waals surface area contributed by atoms with E-state index in [9.17, 15) is 0 Å². The molecule has 0 amide bonds. The third-order valence-electron chi connectivity index (χ3n) is 12.4. The Balaban J connectivity index is 0.988. The number of nitrogens with zero attached hydrogens (tertiary/aromatic N) is 1. The lowest BCUT2D eigenvalue weighted by atomic mass is 9.86. The van der Waals surface area contributed by atoms with Crippen LogP contribution in [0.3, 0.4) is 0 Å². The van der Waals surface area contributed by atoms with Crippen LogP contribution in [-0.4, -0.2) is 6.04 Å². The molecule has 0 bridgehead atoms. The quantitative estimate of drug-likeness (QED) is 0.149. The van der Waals surface area contributed by atoms with Crippen molar-refractivity contribution in [2.75, 3.05) is 4.90 Å². The average Bonchev–Trinajstić information content (AvgIpc) is 3.34. The van der Waals surface area contributed by atoms with Crippen LogP contribution in [0.4, 0.5) is 11.4 Å². The van der Waals surface area contributed by atoms with Crippen LogP contribution >= 0.6 is 0 Å². The molecule has 1 aliphatic carbocycles. The van der Waals surface area contributed by atoms with Gasteiger partial charge >= 0.3 is 0 Å². The van der Waals surface area contributed by atoms with Gasteiger partial charge in [-0.3, -0.25) is 0 Å². The van der Waals surface area contributed by atoms with Crippen molar-refractivity contribution in [1.29, 1.82) is 0 Å². The van der Waals surface area contributed by atoms with Gasteiger partial charge in [-0.1, -0.05) is 206 Å². The lowest BCUT2D eigenvalue weighted by Crippen LogP contribution is -2.30. The van der Waals surface area contributed by atoms with Gasteiger partial charge in [0.2, 0.25) is 0 Å². The van der Waals surface area contributed by atoms with Gasteiger partial charge in [-0.25, -0.2) is 0 Å². The molecule has 0 saturated carbocycles. The van der Waals surface area contributed by atoms with Crippen LogP contribution in [0.2, 0.25) is 0 Å². The smallest absolute Gasteiger partial charge is 0.0560 e. The SMILES string of the molecule is C1=CC(N(c2ccc(-c3ccccc3)cc2)c2ccc(-c3ccc4ccccc4c3)cc2)CC=C1c1cc(-c2cccc3ccccc23)ccc1-c1cccc2ccccc12. The lowest BCUT2D eigenvalue weighted by molar-refractivity contribution is 0.787. The number of hydrogen-bond acceptors (Lipinski definition) is 1. The zero-order chi connectivity index (χ0) is 40.5. The summed E-state index contributed by atoms with van der Waals surface area (Å²) in [7, 11) is 0. The van der Waals surface area contributed by atoms with Gasteiger partial charge in [0, 0.05) is 11.4 Å². The van der Waals surface area contributed by atoms with E-state index in [1.165, 1.54) is 93.6 Å². The number of rotatable bonds is 8. The number of benzene rings is 10. The standard InChI is InChI=1S/C60H43N/c1-2-12-42(13-3-1)44-26-33-52(34-27-44)61(53-35-28-45(29-36-53)50-25-24-43-14-4-5-17-49(43)40-50)54-37-30-48(31-38-54)60-41-51(57-22-10-18-46-15-6-8-20-55(46)57)32-39-59(60)58-23-11-19-47-16-7-9-21-56(47)58/h1-37,39-41,54H,38H2. The van der Waals surface area contributed by atoms with Crippen molar-refractivity contribution in [2.24, 2.45) is 0 Å². The maximum Gasteiger partial charge on any atom is 0.0560 e. The molecule has 0 saturated heterocycles. The molecular weight excluding hydrogens is 735 g/mol. The van der Waals surface area contributed by atoms with E-state index in [4.69, 9.17) is 0 Å². The average molecular weight is 778 g/mol. The minimum Gasteiger partial charge on any atom is -0.334 e. The molecule has 1 atom stereocenters. The monoisotopic (exact) mass is 777 g/mol. The summed E-state index contributed by atoms with van der Waals surface area (Å²) in [5.41, 5.74) is 14.7. The Morgan fingerprint density at radius 3 is 1.52 bits per heavy atom. The van der Waals surface area contributed by atoms with Crippen molar-refractivity contribution in [1.82, 2.24) is 0 Å². The number of fused-ring (bicyclic) bond motifs is 3.